The van der Waals surface area contributed by atoms with Crippen molar-refractivity contribution in [2.45, 2.75) is 19.6 Å². The Morgan fingerprint density at radius 1 is 1.08 bits per heavy atom. The molecular weight excluding hydrogens is 152 g/mol. The molecule has 1 aromatic carbocycles. The van der Waals surface area contributed by atoms with Crippen LogP contribution >= 0.6 is 0 Å². The SMILES string of the molecule is [CH2]Cc1cccc(CO)c1CO. The van der Waals surface area contributed by atoms with E-state index in [1.165, 1.54) is 0 Å². The van der Waals surface area contributed by atoms with Gasteiger partial charge in [-0.1, -0.05) is 18.2 Å². The Kier molecular flexibility index (Phi) is 3.26. The van der Waals surface area contributed by atoms with Crippen LogP contribution in [0.2, 0.25) is 0 Å². The zero-order valence-corrected chi connectivity index (χ0v) is 6.95. The van der Waals surface area contributed by atoms with Crippen molar-refractivity contribution in [2.75, 3.05) is 0 Å². The van der Waals surface area contributed by atoms with Crippen LogP contribution in [0.4, 0.5) is 0 Å². The van der Waals surface area contributed by atoms with Crippen molar-refractivity contribution in [3.8, 4) is 0 Å². The van der Waals surface area contributed by atoms with E-state index in [0.29, 0.717) is 6.42 Å². The molecule has 0 unspecified atom stereocenters. The van der Waals surface area contributed by atoms with Gasteiger partial charge in [-0.2, -0.15) is 0 Å². The Labute approximate surface area is 72.5 Å². The van der Waals surface area contributed by atoms with Crippen LogP contribution in [-0.4, -0.2) is 10.2 Å². The molecule has 0 aromatic heterocycles. The minimum atomic E-state index is -0.0262. The average Bonchev–Trinajstić information content (AvgIpc) is 2.16. The summed E-state index contributed by atoms with van der Waals surface area (Å²) in [5.41, 5.74) is 2.61. The van der Waals surface area contributed by atoms with Gasteiger partial charge in [0.2, 0.25) is 0 Å². The summed E-state index contributed by atoms with van der Waals surface area (Å²) >= 11 is 0. The fourth-order valence-electron chi connectivity index (χ4n) is 1.27. The van der Waals surface area contributed by atoms with Crippen LogP contribution in [0.3, 0.4) is 0 Å². The first kappa shape index (κ1) is 9.23. The molecule has 0 fully saturated rings. The zero-order chi connectivity index (χ0) is 8.97. The summed E-state index contributed by atoms with van der Waals surface area (Å²) in [5, 5.41) is 18.0. The third kappa shape index (κ3) is 1.65. The zero-order valence-electron chi connectivity index (χ0n) is 6.95. The molecule has 0 bridgehead atoms. The number of aliphatic hydroxyl groups excluding tert-OH is 2. The quantitative estimate of drug-likeness (QED) is 0.702. The molecule has 1 aromatic rings. The molecule has 1 radical (unpaired) electrons. The van der Waals surface area contributed by atoms with E-state index in [-0.39, 0.29) is 13.2 Å². The molecule has 65 valence electrons. The van der Waals surface area contributed by atoms with Crippen molar-refractivity contribution in [1.29, 1.82) is 0 Å². The van der Waals surface area contributed by atoms with E-state index < -0.39 is 0 Å². The lowest BCUT2D eigenvalue weighted by Gasteiger charge is -2.08. The van der Waals surface area contributed by atoms with Gasteiger partial charge in [0.25, 0.3) is 0 Å². The number of aliphatic hydroxyl groups is 2. The molecule has 2 nitrogen and oxygen atoms in total. The fraction of sp³-hybridized carbons (Fsp3) is 0.300. The lowest BCUT2D eigenvalue weighted by Crippen LogP contribution is -1.98. The lowest BCUT2D eigenvalue weighted by molar-refractivity contribution is 0.259. The van der Waals surface area contributed by atoms with Crippen LogP contribution in [0.15, 0.2) is 18.2 Å². The highest BCUT2D eigenvalue weighted by Gasteiger charge is 2.03. The second-order valence-electron chi connectivity index (χ2n) is 2.62. The topological polar surface area (TPSA) is 40.5 Å². The number of hydrogen-bond acceptors (Lipinski definition) is 2. The fourth-order valence-corrected chi connectivity index (χ4v) is 1.27. The molecule has 2 heteroatoms. The van der Waals surface area contributed by atoms with Gasteiger partial charge < -0.3 is 10.2 Å². The molecular formula is C10H13O2. The summed E-state index contributed by atoms with van der Waals surface area (Å²) in [5.74, 6) is 0. The summed E-state index contributed by atoms with van der Waals surface area (Å²) in [6.45, 7) is 3.70. The maximum atomic E-state index is 9.02. The van der Waals surface area contributed by atoms with E-state index >= 15 is 0 Å². The smallest absolute Gasteiger partial charge is 0.0688 e. The van der Waals surface area contributed by atoms with Gasteiger partial charge >= 0.3 is 0 Å². The van der Waals surface area contributed by atoms with E-state index in [1.807, 2.05) is 18.2 Å². The Hall–Kier alpha value is -0.860. The maximum Gasteiger partial charge on any atom is 0.0688 e. The van der Waals surface area contributed by atoms with Crippen molar-refractivity contribution in [3.63, 3.8) is 0 Å². The minimum absolute atomic E-state index is 0.0241. The highest BCUT2D eigenvalue weighted by atomic mass is 16.3. The van der Waals surface area contributed by atoms with Crippen molar-refractivity contribution in [3.05, 3.63) is 41.8 Å². The van der Waals surface area contributed by atoms with Gasteiger partial charge in [0.1, 0.15) is 0 Å². The predicted octanol–water partition coefficient (Wildman–Crippen LogP) is 1.05. The molecule has 0 spiro atoms. The number of hydrogen-bond donors (Lipinski definition) is 2. The minimum Gasteiger partial charge on any atom is -0.392 e. The van der Waals surface area contributed by atoms with E-state index in [0.717, 1.165) is 16.7 Å². The number of rotatable bonds is 3. The van der Waals surface area contributed by atoms with Crippen LogP contribution in [-0.2, 0) is 19.6 Å². The molecule has 0 saturated carbocycles. The summed E-state index contributed by atoms with van der Waals surface area (Å²) < 4.78 is 0. The first-order valence-corrected chi connectivity index (χ1v) is 3.94. The van der Waals surface area contributed by atoms with Crippen LogP contribution in [0.25, 0.3) is 0 Å². The van der Waals surface area contributed by atoms with Gasteiger partial charge in [-0.25, -0.2) is 0 Å². The van der Waals surface area contributed by atoms with Crippen molar-refractivity contribution < 1.29 is 10.2 Å². The van der Waals surface area contributed by atoms with Gasteiger partial charge in [0, 0.05) is 0 Å². The predicted molar refractivity (Wildman–Crippen MR) is 47.3 cm³/mol. The Bertz CT molecular complexity index is 234. The molecule has 0 aliphatic carbocycles. The van der Waals surface area contributed by atoms with Gasteiger partial charge in [-0.15, -0.1) is 0 Å². The van der Waals surface area contributed by atoms with Crippen molar-refractivity contribution in [2.24, 2.45) is 0 Å². The third-order valence-electron chi connectivity index (χ3n) is 1.97. The molecule has 1 rings (SSSR count). The largest absolute Gasteiger partial charge is 0.392 e. The van der Waals surface area contributed by atoms with Crippen molar-refractivity contribution in [1.82, 2.24) is 0 Å². The second kappa shape index (κ2) is 4.24. The third-order valence-corrected chi connectivity index (χ3v) is 1.97. The summed E-state index contributed by atoms with van der Waals surface area (Å²) in [7, 11) is 0. The lowest BCUT2D eigenvalue weighted by atomic mass is 10.0. The van der Waals surface area contributed by atoms with E-state index in [1.54, 1.807) is 0 Å². The average molecular weight is 165 g/mol. The summed E-state index contributed by atoms with van der Waals surface area (Å²) in [4.78, 5) is 0. The normalized spacial score (nSPS) is 10.2. The summed E-state index contributed by atoms with van der Waals surface area (Å²) in [6, 6.07) is 5.59. The molecule has 0 atom stereocenters. The Balaban J connectivity index is 3.13. The molecule has 2 N–H and O–H groups in total. The number of benzene rings is 1. The van der Waals surface area contributed by atoms with E-state index in [2.05, 4.69) is 6.92 Å². The van der Waals surface area contributed by atoms with Crippen LogP contribution < -0.4 is 0 Å². The van der Waals surface area contributed by atoms with Gasteiger partial charge in [-0.05, 0) is 30.0 Å². The van der Waals surface area contributed by atoms with Gasteiger partial charge in [0.15, 0.2) is 0 Å². The standard InChI is InChI=1S/C10H13O2/c1-2-8-4-3-5-9(6-11)10(8)7-12/h3-5,11-12H,1-2,6-7H2. The molecule has 0 aliphatic rings. The van der Waals surface area contributed by atoms with Gasteiger partial charge in [-0.3, -0.25) is 0 Å². The molecule has 0 amide bonds. The maximum absolute atomic E-state index is 9.02. The first-order chi connectivity index (χ1) is 5.83. The molecule has 0 saturated heterocycles. The van der Waals surface area contributed by atoms with Crippen molar-refractivity contribution >= 4 is 0 Å². The van der Waals surface area contributed by atoms with Gasteiger partial charge in [0.05, 0.1) is 13.2 Å². The second-order valence-corrected chi connectivity index (χ2v) is 2.62. The Morgan fingerprint density at radius 3 is 2.25 bits per heavy atom. The van der Waals surface area contributed by atoms with Crippen LogP contribution in [0.1, 0.15) is 16.7 Å². The Morgan fingerprint density at radius 2 is 1.75 bits per heavy atom. The monoisotopic (exact) mass is 165 g/mol. The molecule has 0 aliphatic heterocycles. The summed E-state index contributed by atoms with van der Waals surface area (Å²) in [6.07, 6.45) is 0.643. The van der Waals surface area contributed by atoms with E-state index in [9.17, 15) is 0 Å². The van der Waals surface area contributed by atoms with Crippen LogP contribution in [0.5, 0.6) is 0 Å². The highest BCUT2D eigenvalue weighted by molar-refractivity contribution is 5.34. The first-order valence-electron chi connectivity index (χ1n) is 3.94. The van der Waals surface area contributed by atoms with Crippen LogP contribution in [0, 0.1) is 6.92 Å². The highest BCUT2D eigenvalue weighted by Crippen LogP contribution is 2.15. The molecule has 0 heterocycles. The van der Waals surface area contributed by atoms with E-state index in [4.69, 9.17) is 10.2 Å². The molecule has 12 heavy (non-hydrogen) atoms.